The maximum atomic E-state index is 12.4. The first kappa shape index (κ1) is 17.7. The lowest BCUT2D eigenvalue weighted by Gasteiger charge is -2.27. The minimum absolute atomic E-state index is 0.214. The molecule has 0 radical (unpaired) electrons. The highest BCUT2D eigenvalue weighted by atomic mass is 16.2. The largest absolute Gasteiger partial charge is 0.336 e. The van der Waals surface area contributed by atoms with Gasteiger partial charge in [-0.2, -0.15) is 0 Å². The number of carbonyl (C=O) groups is 1. The summed E-state index contributed by atoms with van der Waals surface area (Å²) in [6, 6.07) is 10.4. The van der Waals surface area contributed by atoms with Crippen molar-refractivity contribution in [2.45, 2.75) is 32.9 Å². The van der Waals surface area contributed by atoms with Crippen molar-refractivity contribution in [3.05, 3.63) is 35.9 Å². The summed E-state index contributed by atoms with van der Waals surface area (Å²) in [6.45, 7) is 7.48. The third kappa shape index (κ3) is 7.25. The van der Waals surface area contributed by atoms with E-state index >= 15 is 0 Å². The van der Waals surface area contributed by atoms with Gasteiger partial charge in [0.15, 0.2) is 0 Å². The molecule has 0 heterocycles. The lowest BCUT2D eigenvalue weighted by atomic mass is 10.1. The van der Waals surface area contributed by atoms with E-state index in [2.05, 4.69) is 36.2 Å². The summed E-state index contributed by atoms with van der Waals surface area (Å²) in [6.07, 6.45) is 0.554. The van der Waals surface area contributed by atoms with Crippen LogP contribution in [0, 0.1) is 0 Å². The van der Waals surface area contributed by atoms with E-state index < -0.39 is 0 Å². The number of rotatable bonds is 9. The van der Waals surface area contributed by atoms with Gasteiger partial charge in [0.1, 0.15) is 0 Å². The standard InChI is InChI=1S/C17H29N3O/c1-15(2)20(14-16-8-6-5-7-9-16)17(21)10-11-18-12-13-19(3)4/h5-9,15,18H,10-14H2,1-4H3. The maximum Gasteiger partial charge on any atom is 0.224 e. The monoisotopic (exact) mass is 291 g/mol. The second kappa shape index (κ2) is 9.53. The summed E-state index contributed by atoms with van der Waals surface area (Å²) < 4.78 is 0. The van der Waals surface area contributed by atoms with E-state index in [0.717, 1.165) is 19.6 Å². The van der Waals surface area contributed by atoms with Crippen molar-refractivity contribution in [3.8, 4) is 0 Å². The Morgan fingerprint density at radius 2 is 1.81 bits per heavy atom. The molecule has 0 aromatic heterocycles. The number of nitrogens with one attached hydrogen (secondary N) is 1. The highest BCUT2D eigenvalue weighted by Crippen LogP contribution is 2.09. The van der Waals surface area contributed by atoms with Gasteiger partial charge < -0.3 is 15.1 Å². The summed E-state index contributed by atoms with van der Waals surface area (Å²) in [7, 11) is 4.10. The van der Waals surface area contributed by atoms with Crippen LogP contribution in [0.4, 0.5) is 0 Å². The molecule has 0 bridgehead atoms. The molecule has 118 valence electrons. The summed E-state index contributed by atoms with van der Waals surface area (Å²) in [5.74, 6) is 0.214. The van der Waals surface area contributed by atoms with Gasteiger partial charge in [0.05, 0.1) is 0 Å². The van der Waals surface area contributed by atoms with Gasteiger partial charge in [0, 0.05) is 38.6 Å². The Kier molecular flexibility index (Phi) is 8.01. The number of nitrogens with zero attached hydrogens (tertiary/aromatic N) is 2. The molecule has 1 aromatic rings. The zero-order chi connectivity index (χ0) is 15.7. The number of carbonyl (C=O) groups excluding carboxylic acids is 1. The summed E-state index contributed by atoms with van der Waals surface area (Å²) in [5.41, 5.74) is 1.18. The predicted molar refractivity (Wildman–Crippen MR) is 88.2 cm³/mol. The van der Waals surface area contributed by atoms with Crippen LogP contribution in [0.5, 0.6) is 0 Å². The van der Waals surface area contributed by atoms with Gasteiger partial charge >= 0.3 is 0 Å². The predicted octanol–water partition coefficient (Wildman–Crippen LogP) is 1.96. The molecule has 0 saturated heterocycles. The number of amides is 1. The fraction of sp³-hybridized carbons (Fsp3) is 0.588. The van der Waals surface area contributed by atoms with Gasteiger partial charge in [-0.1, -0.05) is 30.3 Å². The van der Waals surface area contributed by atoms with Crippen molar-refractivity contribution in [1.29, 1.82) is 0 Å². The Labute approximate surface area is 129 Å². The van der Waals surface area contributed by atoms with E-state index in [-0.39, 0.29) is 11.9 Å². The van der Waals surface area contributed by atoms with Crippen molar-refractivity contribution in [2.75, 3.05) is 33.7 Å². The molecule has 0 saturated carbocycles. The van der Waals surface area contributed by atoms with Gasteiger partial charge in [-0.05, 0) is 33.5 Å². The van der Waals surface area contributed by atoms with Crippen molar-refractivity contribution in [3.63, 3.8) is 0 Å². The third-order valence-electron chi connectivity index (χ3n) is 3.39. The minimum atomic E-state index is 0.214. The maximum absolute atomic E-state index is 12.4. The van der Waals surface area contributed by atoms with Crippen LogP contribution in [-0.2, 0) is 11.3 Å². The number of likely N-dealkylation sites (N-methyl/N-ethyl adjacent to an activating group) is 1. The van der Waals surface area contributed by atoms with E-state index in [1.165, 1.54) is 5.56 Å². The first-order chi connectivity index (χ1) is 10.0. The van der Waals surface area contributed by atoms with Crippen LogP contribution in [0.2, 0.25) is 0 Å². The van der Waals surface area contributed by atoms with Crippen molar-refractivity contribution >= 4 is 5.91 Å². The average molecular weight is 291 g/mol. The minimum Gasteiger partial charge on any atom is -0.336 e. The second-order valence-corrected chi connectivity index (χ2v) is 5.90. The van der Waals surface area contributed by atoms with Gasteiger partial charge in [-0.3, -0.25) is 4.79 Å². The van der Waals surface area contributed by atoms with Crippen LogP contribution in [0.3, 0.4) is 0 Å². The Hall–Kier alpha value is -1.39. The molecular weight excluding hydrogens is 262 g/mol. The first-order valence-electron chi connectivity index (χ1n) is 7.69. The Morgan fingerprint density at radius 1 is 1.14 bits per heavy atom. The Balaban J connectivity index is 2.40. The molecule has 1 N–H and O–H groups in total. The second-order valence-electron chi connectivity index (χ2n) is 5.90. The van der Waals surface area contributed by atoms with Crippen molar-refractivity contribution in [2.24, 2.45) is 0 Å². The molecular formula is C17H29N3O. The molecule has 21 heavy (non-hydrogen) atoms. The zero-order valence-electron chi connectivity index (χ0n) is 13.8. The molecule has 0 fully saturated rings. The van der Waals surface area contributed by atoms with E-state index in [4.69, 9.17) is 0 Å². The average Bonchev–Trinajstić information content (AvgIpc) is 2.44. The molecule has 1 amide bonds. The Bertz CT molecular complexity index is 404. The summed E-state index contributed by atoms with van der Waals surface area (Å²) in [5, 5.41) is 3.32. The van der Waals surface area contributed by atoms with Crippen LogP contribution < -0.4 is 5.32 Å². The summed E-state index contributed by atoms with van der Waals surface area (Å²) >= 11 is 0. The Morgan fingerprint density at radius 3 is 2.38 bits per heavy atom. The number of hydrogen-bond acceptors (Lipinski definition) is 3. The fourth-order valence-electron chi connectivity index (χ4n) is 2.11. The van der Waals surface area contributed by atoms with E-state index in [1.807, 2.05) is 37.2 Å². The zero-order valence-corrected chi connectivity index (χ0v) is 13.8. The van der Waals surface area contributed by atoms with E-state index in [9.17, 15) is 4.79 Å². The molecule has 4 heteroatoms. The highest BCUT2D eigenvalue weighted by Gasteiger charge is 2.16. The third-order valence-corrected chi connectivity index (χ3v) is 3.39. The van der Waals surface area contributed by atoms with Crippen molar-refractivity contribution in [1.82, 2.24) is 15.1 Å². The quantitative estimate of drug-likeness (QED) is 0.707. The smallest absolute Gasteiger partial charge is 0.224 e. The number of benzene rings is 1. The van der Waals surface area contributed by atoms with Crippen LogP contribution in [-0.4, -0.2) is 55.5 Å². The van der Waals surface area contributed by atoms with Crippen molar-refractivity contribution < 1.29 is 4.79 Å². The first-order valence-corrected chi connectivity index (χ1v) is 7.69. The molecule has 0 unspecified atom stereocenters. The summed E-state index contributed by atoms with van der Waals surface area (Å²) in [4.78, 5) is 16.4. The van der Waals surface area contributed by atoms with Crippen LogP contribution in [0.25, 0.3) is 0 Å². The van der Waals surface area contributed by atoms with Crippen LogP contribution in [0.1, 0.15) is 25.8 Å². The van der Waals surface area contributed by atoms with Gasteiger partial charge in [-0.25, -0.2) is 0 Å². The normalized spacial score (nSPS) is 11.1. The van der Waals surface area contributed by atoms with Crippen LogP contribution in [0.15, 0.2) is 30.3 Å². The molecule has 0 aliphatic rings. The fourth-order valence-corrected chi connectivity index (χ4v) is 2.11. The molecule has 0 aliphatic heterocycles. The lowest BCUT2D eigenvalue weighted by Crippen LogP contribution is -2.38. The molecule has 0 atom stereocenters. The topological polar surface area (TPSA) is 35.6 Å². The van der Waals surface area contributed by atoms with Crippen LogP contribution >= 0.6 is 0 Å². The number of hydrogen-bond donors (Lipinski definition) is 1. The van der Waals surface area contributed by atoms with E-state index in [0.29, 0.717) is 13.0 Å². The SMILES string of the molecule is CC(C)N(Cc1ccccc1)C(=O)CCNCCN(C)C. The van der Waals surface area contributed by atoms with E-state index in [1.54, 1.807) is 0 Å². The highest BCUT2D eigenvalue weighted by molar-refractivity contribution is 5.76. The molecule has 0 spiro atoms. The molecule has 1 aromatic carbocycles. The lowest BCUT2D eigenvalue weighted by molar-refractivity contribution is -0.133. The molecule has 1 rings (SSSR count). The van der Waals surface area contributed by atoms with Gasteiger partial charge in [-0.15, -0.1) is 0 Å². The molecule has 0 aliphatic carbocycles. The van der Waals surface area contributed by atoms with Gasteiger partial charge in [0.25, 0.3) is 0 Å². The molecule has 4 nitrogen and oxygen atoms in total. The van der Waals surface area contributed by atoms with Gasteiger partial charge in [0.2, 0.25) is 5.91 Å².